The number of rotatable bonds is 7. The average Bonchev–Trinajstić information content (AvgIpc) is 3.18. The molecule has 1 heterocycles. The molecule has 0 aliphatic rings. The molecule has 0 unspecified atom stereocenters. The molecule has 0 amide bonds. The van der Waals surface area contributed by atoms with Gasteiger partial charge in [-0.2, -0.15) is 8.42 Å². The fraction of sp³-hybridized carbons (Fsp3) is 0.0909. The van der Waals surface area contributed by atoms with Crippen molar-refractivity contribution < 1.29 is 17.6 Å². The van der Waals surface area contributed by atoms with E-state index in [0.29, 0.717) is 22.0 Å². The van der Waals surface area contributed by atoms with Crippen LogP contribution in [0.15, 0.2) is 87.2 Å². The van der Waals surface area contributed by atoms with Gasteiger partial charge in [0.25, 0.3) is 10.0 Å². The largest absolute Gasteiger partial charge is 0.497 e. The Kier molecular flexibility index (Phi) is 5.94. The van der Waals surface area contributed by atoms with E-state index in [1.165, 1.54) is 17.8 Å². The molecule has 0 fully saturated rings. The number of benzene rings is 3. The van der Waals surface area contributed by atoms with E-state index in [4.69, 9.17) is 20.8 Å². The van der Waals surface area contributed by atoms with Crippen molar-refractivity contribution in [2.75, 3.05) is 11.8 Å². The van der Waals surface area contributed by atoms with Gasteiger partial charge in [-0.15, -0.1) is 11.8 Å². The van der Waals surface area contributed by atoms with Gasteiger partial charge in [-0.1, -0.05) is 41.9 Å². The molecule has 0 saturated heterocycles. The Morgan fingerprint density at radius 2 is 1.87 bits per heavy atom. The first-order chi connectivity index (χ1) is 14.4. The summed E-state index contributed by atoms with van der Waals surface area (Å²) >= 11 is 7.63. The highest BCUT2D eigenvalue weighted by Gasteiger charge is 2.21. The molecule has 1 aromatic heterocycles. The lowest BCUT2D eigenvalue weighted by Crippen LogP contribution is -2.12. The van der Waals surface area contributed by atoms with Crippen LogP contribution in [-0.2, 0) is 15.8 Å². The van der Waals surface area contributed by atoms with Crippen LogP contribution in [-0.4, -0.2) is 15.5 Å². The Labute approximate surface area is 184 Å². The van der Waals surface area contributed by atoms with Gasteiger partial charge in [0.05, 0.1) is 12.8 Å². The molecule has 0 saturated carbocycles. The fourth-order valence-corrected chi connectivity index (χ4v) is 5.12. The Morgan fingerprint density at radius 1 is 1.03 bits per heavy atom. The normalized spacial score (nSPS) is 11.5. The maximum Gasteiger partial charge on any atom is 0.295 e. The first-order valence-electron chi connectivity index (χ1n) is 9.01. The molecule has 0 atom stereocenters. The fourth-order valence-electron chi connectivity index (χ4n) is 2.92. The zero-order valence-corrected chi connectivity index (χ0v) is 18.4. The van der Waals surface area contributed by atoms with E-state index < -0.39 is 10.0 Å². The summed E-state index contributed by atoms with van der Waals surface area (Å²) in [5.74, 6) is 1.41. The van der Waals surface area contributed by atoms with Crippen molar-refractivity contribution in [3.8, 4) is 5.75 Å². The zero-order chi connectivity index (χ0) is 21.1. The summed E-state index contributed by atoms with van der Waals surface area (Å²) in [5.41, 5.74) is 1.97. The van der Waals surface area contributed by atoms with Crippen LogP contribution in [0.1, 0.15) is 5.56 Å². The van der Waals surface area contributed by atoms with Crippen LogP contribution < -0.4 is 9.46 Å². The summed E-state index contributed by atoms with van der Waals surface area (Å²) in [6.45, 7) is 0. The number of fused-ring (bicyclic) bond motifs is 1. The highest BCUT2D eigenvalue weighted by Crippen LogP contribution is 2.34. The summed E-state index contributed by atoms with van der Waals surface area (Å²) in [6.07, 6.45) is 0. The quantitative estimate of drug-likeness (QED) is 0.334. The number of furan rings is 1. The van der Waals surface area contributed by atoms with Gasteiger partial charge in [0.2, 0.25) is 5.09 Å². The topological polar surface area (TPSA) is 68.5 Å². The molecule has 0 aliphatic heterocycles. The molecule has 154 valence electrons. The molecule has 30 heavy (non-hydrogen) atoms. The maximum atomic E-state index is 12.9. The van der Waals surface area contributed by atoms with Crippen molar-refractivity contribution in [2.45, 2.75) is 15.7 Å². The lowest BCUT2D eigenvalue weighted by Gasteiger charge is -2.12. The van der Waals surface area contributed by atoms with Crippen molar-refractivity contribution in [2.24, 2.45) is 0 Å². The third kappa shape index (κ3) is 4.59. The number of halogens is 1. The summed E-state index contributed by atoms with van der Waals surface area (Å²) in [7, 11) is -2.30. The van der Waals surface area contributed by atoms with Crippen LogP contribution in [0.3, 0.4) is 0 Å². The van der Waals surface area contributed by atoms with Crippen LogP contribution in [0.5, 0.6) is 5.75 Å². The molecule has 4 rings (SSSR count). The van der Waals surface area contributed by atoms with E-state index in [9.17, 15) is 8.42 Å². The minimum absolute atomic E-state index is 0.146. The van der Waals surface area contributed by atoms with E-state index >= 15 is 0 Å². The van der Waals surface area contributed by atoms with Gasteiger partial charge in [0, 0.05) is 27.1 Å². The van der Waals surface area contributed by atoms with E-state index in [2.05, 4.69) is 4.72 Å². The Bertz CT molecular complexity index is 1270. The summed E-state index contributed by atoms with van der Waals surface area (Å²) in [6, 6.07) is 21.5. The van der Waals surface area contributed by atoms with Crippen LogP contribution in [0.2, 0.25) is 5.02 Å². The van der Waals surface area contributed by atoms with E-state index in [0.717, 1.165) is 21.6 Å². The lowest BCUT2D eigenvalue weighted by molar-refractivity contribution is 0.414. The van der Waals surface area contributed by atoms with E-state index in [-0.39, 0.29) is 5.09 Å². The van der Waals surface area contributed by atoms with Crippen LogP contribution in [0, 0.1) is 0 Å². The van der Waals surface area contributed by atoms with Crippen molar-refractivity contribution in [1.82, 2.24) is 0 Å². The molecular formula is C22H18ClNO4S2. The molecule has 8 heteroatoms. The van der Waals surface area contributed by atoms with Crippen molar-refractivity contribution >= 4 is 50.0 Å². The highest BCUT2D eigenvalue weighted by molar-refractivity contribution is 7.98. The minimum atomic E-state index is -3.92. The molecule has 5 nitrogen and oxygen atoms in total. The number of thioether (sulfide) groups is 1. The predicted molar refractivity (Wildman–Crippen MR) is 121 cm³/mol. The number of methoxy groups -OCH3 is 1. The molecule has 1 N–H and O–H groups in total. The van der Waals surface area contributed by atoms with Gasteiger partial charge in [0.1, 0.15) is 11.3 Å². The third-order valence-corrected chi connectivity index (χ3v) is 6.98. The second kappa shape index (κ2) is 8.63. The first kappa shape index (κ1) is 20.7. The SMILES string of the molecule is COc1cccc(CSc2ccc(Cl)cc2NS(=O)(=O)c2cc3ccccc3o2)c1. The second-order valence-electron chi connectivity index (χ2n) is 6.49. The second-order valence-corrected chi connectivity index (χ2v) is 9.56. The number of nitrogens with one attached hydrogen (secondary N) is 1. The molecule has 4 aromatic rings. The van der Waals surface area contributed by atoms with Gasteiger partial charge in [-0.3, -0.25) is 4.72 Å². The summed E-state index contributed by atoms with van der Waals surface area (Å²) in [5, 5.41) is 1.01. The van der Waals surface area contributed by atoms with Crippen LogP contribution in [0.4, 0.5) is 5.69 Å². The number of anilines is 1. The number of sulfonamides is 1. The molecule has 0 spiro atoms. The van der Waals surface area contributed by atoms with Gasteiger partial charge in [-0.25, -0.2) is 0 Å². The van der Waals surface area contributed by atoms with Crippen LogP contribution >= 0.6 is 23.4 Å². The van der Waals surface area contributed by atoms with Gasteiger partial charge in [-0.05, 0) is 42.0 Å². The third-order valence-electron chi connectivity index (χ3n) is 4.38. The maximum absolute atomic E-state index is 12.9. The average molecular weight is 460 g/mol. The molecular weight excluding hydrogens is 442 g/mol. The first-order valence-corrected chi connectivity index (χ1v) is 11.9. The Hall–Kier alpha value is -2.61. The summed E-state index contributed by atoms with van der Waals surface area (Å²) < 4.78 is 39.2. The summed E-state index contributed by atoms with van der Waals surface area (Å²) in [4.78, 5) is 0.752. The van der Waals surface area contributed by atoms with E-state index in [1.54, 1.807) is 43.5 Å². The lowest BCUT2D eigenvalue weighted by atomic mass is 10.2. The van der Waals surface area contributed by atoms with Crippen molar-refractivity contribution in [1.29, 1.82) is 0 Å². The van der Waals surface area contributed by atoms with Crippen LogP contribution in [0.25, 0.3) is 11.0 Å². The predicted octanol–water partition coefficient (Wildman–Crippen LogP) is 6.19. The van der Waals surface area contributed by atoms with Gasteiger partial charge in [0.15, 0.2) is 0 Å². The standard InChI is InChI=1S/C22H18ClNO4S2/c1-27-18-7-4-5-15(11-18)14-29-21-10-9-17(23)13-19(21)24-30(25,26)22-12-16-6-2-3-8-20(16)28-22/h2-13,24H,14H2,1H3. The monoisotopic (exact) mass is 459 g/mol. The molecule has 0 radical (unpaired) electrons. The van der Waals surface area contributed by atoms with Gasteiger partial charge < -0.3 is 9.15 Å². The molecule has 0 aliphatic carbocycles. The van der Waals surface area contributed by atoms with Crippen molar-refractivity contribution in [3.05, 3.63) is 83.4 Å². The Balaban J connectivity index is 1.59. The smallest absolute Gasteiger partial charge is 0.295 e. The van der Waals surface area contributed by atoms with Crippen molar-refractivity contribution in [3.63, 3.8) is 0 Å². The molecule has 0 bridgehead atoms. The number of para-hydroxylation sites is 1. The minimum Gasteiger partial charge on any atom is -0.497 e. The number of hydrogen-bond acceptors (Lipinski definition) is 5. The Morgan fingerprint density at radius 3 is 2.67 bits per heavy atom. The van der Waals surface area contributed by atoms with Gasteiger partial charge >= 0.3 is 0 Å². The highest BCUT2D eigenvalue weighted by atomic mass is 35.5. The molecule has 3 aromatic carbocycles. The number of ether oxygens (including phenoxy) is 1. The zero-order valence-electron chi connectivity index (χ0n) is 16.0. The number of hydrogen-bond donors (Lipinski definition) is 1. The van der Waals surface area contributed by atoms with E-state index in [1.807, 2.05) is 30.3 Å².